The second kappa shape index (κ2) is 5.88. The number of nitrogens with two attached hydrogens (primary N) is 1. The van der Waals surface area contributed by atoms with E-state index >= 15 is 0 Å². The summed E-state index contributed by atoms with van der Waals surface area (Å²) in [6, 6.07) is 6.54. The molecule has 2 N–H and O–H groups in total. The van der Waals surface area contributed by atoms with Crippen molar-refractivity contribution in [3.05, 3.63) is 63.7 Å². The third-order valence-electron chi connectivity index (χ3n) is 2.55. The molecule has 0 saturated carbocycles. The van der Waals surface area contributed by atoms with Crippen LogP contribution in [0.15, 0.2) is 46.2 Å². The maximum absolute atomic E-state index is 13.6. The zero-order valence-electron chi connectivity index (χ0n) is 10.4. The lowest BCUT2D eigenvalue weighted by atomic mass is 10.2. The Hall–Kier alpha value is -2.48. The molecule has 0 aromatic heterocycles. The van der Waals surface area contributed by atoms with Gasteiger partial charge >= 0.3 is 0 Å². The first-order valence-corrected chi connectivity index (χ1v) is 6.41. The Morgan fingerprint density at radius 2 is 1.81 bits per heavy atom. The summed E-state index contributed by atoms with van der Waals surface area (Å²) in [6.45, 7) is 0. The molecule has 2 aromatic rings. The maximum Gasteiger partial charge on any atom is 0.284 e. The van der Waals surface area contributed by atoms with E-state index < -0.39 is 22.5 Å². The second-order valence-corrected chi connectivity index (χ2v) is 5.06. The first-order chi connectivity index (χ1) is 9.88. The van der Waals surface area contributed by atoms with Gasteiger partial charge in [0.15, 0.2) is 0 Å². The highest BCUT2D eigenvalue weighted by molar-refractivity contribution is 7.99. The van der Waals surface area contributed by atoms with E-state index in [4.69, 9.17) is 5.73 Å². The first-order valence-electron chi connectivity index (χ1n) is 5.59. The van der Waals surface area contributed by atoms with Gasteiger partial charge in [-0.2, -0.15) is 0 Å². The normalized spacial score (nSPS) is 10.4. The van der Waals surface area contributed by atoms with Crippen LogP contribution in [-0.2, 0) is 0 Å². The average Bonchev–Trinajstić information content (AvgIpc) is 2.41. The molecule has 2 rings (SSSR count). The molecular weight excluding hydrogens is 302 g/mol. The summed E-state index contributed by atoms with van der Waals surface area (Å²) >= 11 is 0.763. The van der Waals surface area contributed by atoms with Gasteiger partial charge in [0.2, 0.25) is 5.91 Å². The van der Waals surface area contributed by atoms with Crippen LogP contribution < -0.4 is 5.73 Å². The monoisotopic (exact) mass is 310 g/mol. The van der Waals surface area contributed by atoms with E-state index in [-0.39, 0.29) is 21.0 Å². The number of nitrogens with zero attached hydrogens (tertiary/aromatic N) is 1. The summed E-state index contributed by atoms with van der Waals surface area (Å²) in [7, 11) is 0. The summed E-state index contributed by atoms with van der Waals surface area (Å²) < 4.78 is 26.4. The van der Waals surface area contributed by atoms with E-state index in [1.807, 2.05) is 0 Å². The second-order valence-electron chi connectivity index (χ2n) is 3.98. The van der Waals surface area contributed by atoms with Crippen LogP contribution in [0.1, 0.15) is 10.4 Å². The number of primary amides is 1. The topological polar surface area (TPSA) is 86.2 Å². The minimum atomic E-state index is -0.826. The van der Waals surface area contributed by atoms with Gasteiger partial charge in [0.05, 0.1) is 9.82 Å². The summed E-state index contributed by atoms with van der Waals surface area (Å²) in [5.74, 6) is -2.37. The number of hydrogen-bond acceptors (Lipinski definition) is 4. The average molecular weight is 310 g/mol. The SMILES string of the molecule is NC(=O)c1ccc(Sc2ccc(F)cc2F)c([N+](=O)[O-])c1. The van der Waals surface area contributed by atoms with E-state index in [1.54, 1.807) is 0 Å². The molecule has 0 aliphatic rings. The van der Waals surface area contributed by atoms with Crippen LogP contribution in [0, 0.1) is 21.7 Å². The van der Waals surface area contributed by atoms with Gasteiger partial charge in [-0.05, 0) is 24.3 Å². The van der Waals surface area contributed by atoms with Crippen molar-refractivity contribution < 1.29 is 18.5 Å². The number of nitro groups is 1. The van der Waals surface area contributed by atoms with Crippen molar-refractivity contribution in [2.24, 2.45) is 5.73 Å². The van der Waals surface area contributed by atoms with Crippen LogP contribution in [0.3, 0.4) is 0 Å². The molecule has 0 bridgehead atoms. The van der Waals surface area contributed by atoms with Gasteiger partial charge in [0.1, 0.15) is 11.6 Å². The Morgan fingerprint density at radius 1 is 1.14 bits per heavy atom. The summed E-state index contributed by atoms with van der Waals surface area (Å²) in [4.78, 5) is 21.5. The predicted molar refractivity (Wildman–Crippen MR) is 72.1 cm³/mol. The van der Waals surface area contributed by atoms with Gasteiger partial charge in [0.25, 0.3) is 5.69 Å². The van der Waals surface area contributed by atoms with Crippen molar-refractivity contribution >= 4 is 23.4 Å². The molecule has 0 radical (unpaired) electrons. The molecule has 0 heterocycles. The summed E-state index contributed by atoms with van der Waals surface area (Å²) in [5, 5.41) is 11.0. The largest absolute Gasteiger partial charge is 0.366 e. The Bertz CT molecular complexity index is 737. The number of hydrogen-bond donors (Lipinski definition) is 1. The molecule has 108 valence electrons. The lowest BCUT2D eigenvalue weighted by molar-refractivity contribution is -0.387. The third-order valence-corrected chi connectivity index (χ3v) is 3.67. The fourth-order valence-corrected chi connectivity index (χ4v) is 2.48. The number of benzene rings is 2. The van der Waals surface area contributed by atoms with Crippen LogP contribution in [0.2, 0.25) is 0 Å². The van der Waals surface area contributed by atoms with E-state index in [0.717, 1.165) is 23.9 Å². The van der Waals surface area contributed by atoms with Crippen LogP contribution in [0.5, 0.6) is 0 Å². The molecule has 0 aliphatic heterocycles. The third kappa shape index (κ3) is 3.34. The van der Waals surface area contributed by atoms with Gasteiger partial charge in [-0.1, -0.05) is 11.8 Å². The van der Waals surface area contributed by atoms with Crippen molar-refractivity contribution in [3.63, 3.8) is 0 Å². The molecule has 0 unspecified atom stereocenters. The van der Waals surface area contributed by atoms with Crippen molar-refractivity contribution in [2.45, 2.75) is 9.79 Å². The van der Waals surface area contributed by atoms with Crippen molar-refractivity contribution in [1.29, 1.82) is 0 Å². The van der Waals surface area contributed by atoms with Crippen LogP contribution in [0.4, 0.5) is 14.5 Å². The highest BCUT2D eigenvalue weighted by Gasteiger charge is 2.18. The first kappa shape index (κ1) is 14.9. The van der Waals surface area contributed by atoms with Gasteiger partial charge in [-0.15, -0.1) is 0 Å². The van der Waals surface area contributed by atoms with E-state index in [0.29, 0.717) is 6.07 Å². The number of rotatable bonds is 4. The van der Waals surface area contributed by atoms with Crippen LogP contribution in [0.25, 0.3) is 0 Å². The zero-order chi connectivity index (χ0) is 15.6. The molecule has 0 atom stereocenters. The maximum atomic E-state index is 13.6. The molecule has 8 heteroatoms. The lowest BCUT2D eigenvalue weighted by Gasteiger charge is -2.05. The quantitative estimate of drug-likeness (QED) is 0.694. The van der Waals surface area contributed by atoms with Crippen molar-refractivity contribution in [2.75, 3.05) is 0 Å². The highest BCUT2D eigenvalue weighted by atomic mass is 32.2. The highest BCUT2D eigenvalue weighted by Crippen LogP contribution is 2.36. The standard InChI is InChI=1S/C13H8F2N2O3S/c14-8-2-4-11(9(15)6-8)21-12-3-1-7(13(16)18)5-10(12)17(19)20/h1-6H,(H2,16,18). The Kier molecular flexibility index (Phi) is 4.18. The van der Waals surface area contributed by atoms with Crippen molar-refractivity contribution in [3.8, 4) is 0 Å². The molecule has 1 amide bonds. The summed E-state index contributed by atoms with van der Waals surface area (Å²) in [5.41, 5.74) is 4.66. The zero-order valence-corrected chi connectivity index (χ0v) is 11.2. The number of halogens is 2. The fourth-order valence-electron chi connectivity index (χ4n) is 1.58. The number of amides is 1. The fraction of sp³-hybridized carbons (Fsp3) is 0. The van der Waals surface area contributed by atoms with E-state index in [9.17, 15) is 23.7 Å². The Labute approximate surface area is 121 Å². The molecule has 2 aromatic carbocycles. The smallest absolute Gasteiger partial charge is 0.284 e. The lowest BCUT2D eigenvalue weighted by Crippen LogP contribution is -2.11. The van der Waals surface area contributed by atoms with Crippen molar-refractivity contribution in [1.82, 2.24) is 0 Å². The molecule has 0 aliphatic carbocycles. The predicted octanol–water partition coefficient (Wildman–Crippen LogP) is 3.12. The van der Waals surface area contributed by atoms with Gasteiger partial charge in [-0.25, -0.2) is 8.78 Å². The van der Waals surface area contributed by atoms with Gasteiger partial charge in [-0.3, -0.25) is 14.9 Å². The van der Waals surface area contributed by atoms with E-state index in [2.05, 4.69) is 0 Å². The Balaban J connectivity index is 2.44. The molecular formula is C13H8F2N2O3S. The van der Waals surface area contributed by atoms with Gasteiger partial charge < -0.3 is 5.73 Å². The molecule has 0 spiro atoms. The van der Waals surface area contributed by atoms with Crippen LogP contribution >= 0.6 is 11.8 Å². The minimum Gasteiger partial charge on any atom is -0.366 e. The molecule has 0 fully saturated rings. The molecule has 5 nitrogen and oxygen atoms in total. The number of carbonyl (C=O) groups is 1. The minimum absolute atomic E-state index is 0.0226. The van der Waals surface area contributed by atoms with Crippen LogP contribution in [-0.4, -0.2) is 10.8 Å². The number of nitro benzene ring substituents is 1. The molecule has 0 saturated heterocycles. The van der Waals surface area contributed by atoms with Gasteiger partial charge in [0, 0.05) is 22.6 Å². The number of carbonyl (C=O) groups excluding carboxylic acids is 1. The summed E-state index contributed by atoms with van der Waals surface area (Å²) in [6.07, 6.45) is 0. The van der Waals surface area contributed by atoms with E-state index in [1.165, 1.54) is 18.2 Å². The Morgan fingerprint density at radius 3 is 2.38 bits per heavy atom. The molecule has 21 heavy (non-hydrogen) atoms.